The maximum atomic E-state index is 13.0. The second kappa shape index (κ2) is 11.7. The average molecular weight is 489 g/mol. The molecule has 1 fully saturated rings. The zero-order valence-corrected chi connectivity index (χ0v) is 18.9. The van der Waals surface area contributed by atoms with E-state index in [-0.39, 0.29) is 5.91 Å². The molecule has 0 spiro atoms. The molecule has 0 bridgehead atoms. The molecule has 35 heavy (non-hydrogen) atoms. The summed E-state index contributed by atoms with van der Waals surface area (Å²) in [6.45, 7) is 2.21. The van der Waals surface area contributed by atoms with E-state index in [1.54, 1.807) is 6.20 Å². The molecular weight excluding hydrogens is 461 g/mol. The molecule has 0 radical (unpaired) electrons. The number of likely N-dealkylation sites (tertiary alicyclic amines) is 1. The smallest absolute Gasteiger partial charge is 0.475 e. The van der Waals surface area contributed by atoms with Crippen LogP contribution in [0.1, 0.15) is 34.7 Å². The van der Waals surface area contributed by atoms with Crippen LogP contribution in [0.15, 0.2) is 66.9 Å². The summed E-state index contributed by atoms with van der Waals surface area (Å²) >= 11 is 0. The maximum absolute atomic E-state index is 13.0. The first kappa shape index (κ1) is 26.0. The van der Waals surface area contributed by atoms with E-state index in [9.17, 15) is 18.0 Å². The third kappa shape index (κ3) is 6.92. The third-order valence-electron chi connectivity index (χ3n) is 6.04. The van der Waals surface area contributed by atoms with Gasteiger partial charge in [-0.2, -0.15) is 18.3 Å². The fourth-order valence-electron chi connectivity index (χ4n) is 4.22. The summed E-state index contributed by atoms with van der Waals surface area (Å²) in [6.07, 6.45) is -1.39. The predicted molar refractivity (Wildman–Crippen MR) is 125 cm³/mol. The number of nitrogens with one attached hydrogen (secondary N) is 1. The fourth-order valence-corrected chi connectivity index (χ4v) is 4.22. The highest BCUT2D eigenvalue weighted by atomic mass is 19.4. The second-order valence-corrected chi connectivity index (χ2v) is 8.24. The minimum Gasteiger partial charge on any atom is -0.475 e. The summed E-state index contributed by atoms with van der Waals surface area (Å²) in [4.78, 5) is 23.9. The Hall–Kier alpha value is -3.66. The first-order valence-corrected chi connectivity index (χ1v) is 11.1. The SMILES string of the molecule is NCC(c1ccccc1)C1CCN(C(=O)c2cccc(-c3ccn[nH]3)c2)CC1.O=C(O)C(F)(F)F. The topological polar surface area (TPSA) is 112 Å². The van der Waals surface area contributed by atoms with E-state index in [4.69, 9.17) is 15.6 Å². The Labute approximate surface area is 200 Å². The van der Waals surface area contributed by atoms with Gasteiger partial charge in [-0.15, -0.1) is 0 Å². The van der Waals surface area contributed by atoms with Gasteiger partial charge in [-0.3, -0.25) is 9.89 Å². The third-order valence-corrected chi connectivity index (χ3v) is 6.04. The monoisotopic (exact) mass is 488 g/mol. The van der Waals surface area contributed by atoms with E-state index in [0.717, 1.165) is 42.8 Å². The number of halogens is 3. The van der Waals surface area contributed by atoms with Crippen LogP contribution in [-0.2, 0) is 4.79 Å². The van der Waals surface area contributed by atoms with Gasteiger partial charge in [0.25, 0.3) is 5.91 Å². The summed E-state index contributed by atoms with van der Waals surface area (Å²) in [7, 11) is 0. The van der Waals surface area contributed by atoms with Crippen molar-refractivity contribution in [3.05, 3.63) is 78.0 Å². The number of amides is 1. The number of nitrogens with two attached hydrogens (primary N) is 1. The lowest BCUT2D eigenvalue weighted by atomic mass is 9.80. The minimum atomic E-state index is -5.08. The van der Waals surface area contributed by atoms with Crippen LogP contribution < -0.4 is 5.73 Å². The second-order valence-electron chi connectivity index (χ2n) is 8.24. The standard InChI is InChI=1S/C23H26N4O.C2HF3O2/c24-16-21(17-5-2-1-3-6-17)18-10-13-27(14-11-18)23(28)20-8-4-7-19(15-20)22-9-12-25-26-22;3-2(4,5)1(6)7/h1-9,12,15,18,21H,10-11,13-14,16,24H2,(H,25,26);(H,6,7). The van der Waals surface area contributed by atoms with Gasteiger partial charge in [-0.05, 0) is 55.0 Å². The lowest BCUT2D eigenvalue weighted by Crippen LogP contribution is -2.40. The number of carboxylic acids is 1. The average Bonchev–Trinajstić information content (AvgIpc) is 3.40. The lowest BCUT2D eigenvalue weighted by molar-refractivity contribution is -0.192. The highest BCUT2D eigenvalue weighted by Crippen LogP contribution is 2.32. The number of alkyl halides is 3. The Morgan fingerprint density at radius 3 is 2.29 bits per heavy atom. The molecule has 1 unspecified atom stereocenters. The number of rotatable bonds is 5. The quantitative estimate of drug-likeness (QED) is 0.496. The summed E-state index contributed by atoms with van der Waals surface area (Å²) < 4.78 is 31.7. The van der Waals surface area contributed by atoms with Crippen molar-refractivity contribution in [2.45, 2.75) is 24.9 Å². The van der Waals surface area contributed by atoms with Gasteiger partial charge in [0.1, 0.15) is 0 Å². The van der Waals surface area contributed by atoms with Crippen LogP contribution in [0.25, 0.3) is 11.3 Å². The Morgan fingerprint density at radius 2 is 1.74 bits per heavy atom. The summed E-state index contributed by atoms with van der Waals surface area (Å²) in [5.74, 6) is -1.77. The van der Waals surface area contributed by atoms with Crippen molar-refractivity contribution in [1.82, 2.24) is 15.1 Å². The maximum Gasteiger partial charge on any atom is 0.490 e. The van der Waals surface area contributed by atoms with Crippen molar-refractivity contribution in [2.24, 2.45) is 11.7 Å². The Kier molecular flexibility index (Phi) is 8.64. The molecule has 4 N–H and O–H groups in total. The van der Waals surface area contributed by atoms with Crippen molar-refractivity contribution in [3.63, 3.8) is 0 Å². The van der Waals surface area contributed by atoms with Gasteiger partial charge in [0.05, 0.1) is 5.69 Å². The largest absolute Gasteiger partial charge is 0.490 e. The molecule has 1 aromatic heterocycles. The number of aromatic amines is 1. The molecule has 1 saturated heterocycles. The van der Waals surface area contributed by atoms with E-state index in [2.05, 4.69) is 34.5 Å². The van der Waals surface area contributed by atoms with Gasteiger partial charge in [-0.1, -0.05) is 42.5 Å². The molecule has 186 valence electrons. The number of benzene rings is 2. The number of aromatic nitrogens is 2. The molecule has 1 atom stereocenters. The molecule has 7 nitrogen and oxygen atoms in total. The Balaban J connectivity index is 0.000000429. The number of H-pyrrole nitrogens is 1. The number of aliphatic carboxylic acids is 1. The van der Waals surface area contributed by atoms with Crippen LogP contribution in [0.4, 0.5) is 13.2 Å². The van der Waals surface area contributed by atoms with E-state index in [0.29, 0.717) is 18.4 Å². The summed E-state index contributed by atoms with van der Waals surface area (Å²) in [6, 6.07) is 20.2. The number of carboxylic acid groups (broad SMARTS) is 1. The summed E-state index contributed by atoms with van der Waals surface area (Å²) in [5, 5.41) is 14.1. The highest BCUT2D eigenvalue weighted by Gasteiger charge is 2.38. The van der Waals surface area contributed by atoms with Gasteiger partial charge >= 0.3 is 12.1 Å². The Morgan fingerprint density at radius 1 is 1.09 bits per heavy atom. The fraction of sp³-hybridized carbons (Fsp3) is 0.320. The molecule has 10 heteroatoms. The van der Waals surface area contributed by atoms with Gasteiger partial charge in [0, 0.05) is 30.4 Å². The molecule has 1 aliphatic heterocycles. The van der Waals surface area contributed by atoms with Gasteiger partial charge < -0.3 is 15.7 Å². The van der Waals surface area contributed by atoms with E-state index < -0.39 is 12.1 Å². The molecule has 2 heterocycles. The van der Waals surface area contributed by atoms with Crippen LogP contribution in [0.5, 0.6) is 0 Å². The number of hydrogen-bond acceptors (Lipinski definition) is 4. The highest BCUT2D eigenvalue weighted by molar-refractivity contribution is 5.95. The first-order chi connectivity index (χ1) is 16.7. The molecule has 1 amide bonds. The number of hydrogen-bond donors (Lipinski definition) is 3. The van der Waals surface area contributed by atoms with Crippen molar-refractivity contribution in [1.29, 1.82) is 0 Å². The molecule has 0 aliphatic carbocycles. The zero-order chi connectivity index (χ0) is 25.4. The molecule has 3 aromatic rings. The van der Waals surface area contributed by atoms with Crippen molar-refractivity contribution in [2.75, 3.05) is 19.6 Å². The van der Waals surface area contributed by atoms with Gasteiger partial charge in [0.2, 0.25) is 0 Å². The van der Waals surface area contributed by atoms with Gasteiger partial charge in [0.15, 0.2) is 0 Å². The van der Waals surface area contributed by atoms with Crippen LogP contribution in [-0.4, -0.2) is 57.9 Å². The minimum absolute atomic E-state index is 0.101. The van der Waals surface area contributed by atoms with Crippen LogP contribution in [0.2, 0.25) is 0 Å². The Bertz CT molecular complexity index is 1100. The van der Waals surface area contributed by atoms with Gasteiger partial charge in [-0.25, -0.2) is 4.79 Å². The van der Waals surface area contributed by atoms with Crippen molar-refractivity contribution < 1.29 is 27.9 Å². The van der Waals surface area contributed by atoms with E-state index in [1.807, 2.05) is 41.3 Å². The number of carbonyl (C=O) groups excluding carboxylic acids is 1. The van der Waals surface area contributed by atoms with E-state index >= 15 is 0 Å². The molecule has 4 rings (SSSR count). The normalized spacial score (nSPS) is 15.1. The first-order valence-electron chi connectivity index (χ1n) is 11.1. The number of nitrogens with zero attached hydrogens (tertiary/aromatic N) is 2. The van der Waals surface area contributed by atoms with Crippen LogP contribution >= 0.6 is 0 Å². The van der Waals surface area contributed by atoms with Crippen molar-refractivity contribution >= 4 is 11.9 Å². The van der Waals surface area contributed by atoms with Crippen LogP contribution in [0, 0.1) is 5.92 Å². The molecule has 2 aromatic carbocycles. The predicted octanol–water partition coefficient (Wildman–Crippen LogP) is 4.30. The molecule has 0 saturated carbocycles. The summed E-state index contributed by atoms with van der Waals surface area (Å²) in [5.41, 5.74) is 10.0. The lowest BCUT2D eigenvalue weighted by Gasteiger charge is -2.36. The number of carbonyl (C=O) groups is 2. The molecule has 1 aliphatic rings. The molecular formula is C25H27F3N4O3. The zero-order valence-electron chi connectivity index (χ0n) is 18.9. The number of piperidine rings is 1. The van der Waals surface area contributed by atoms with Crippen molar-refractivity contribution in [3.8, 4) is 11.3 Å². The van der Waals surface area contributed by atoms with E-state index in [1.165, 1.54) is 5.56 Å². The van der Waals surface area contributed by atoms with Crippen LogP contribution in [0.3, 0.4) is 0 Å².